The van der Waals surface area contributed by atoms with E-state index in [2.05, 4.69) is 15.6 Å². The van der Waals surface area contributed by atoms with Crippen molar-refractivity contribution < 1.29 is 23.4 Å². The zero-order valence-corrected chi connectivity index (χ0v) is 18.4. The maximum Gasteiger partial charge on any atom is 0.381 e. The van der Waals surface area contributed by atoms with Crippen LogP contribution in [0.3, 0.4) is 0 Å². The lowest BCUT2D eigenvalue weighted by Gasteiger charge is -2.19. The van der Waals surface area contributed by atoms with Crippen LogP contribution in [0.4, 0.5) is 5.69 Å². The van der Waals surface area contributed by atoms with E-state index in [1.54, 1.807) is 6.92 Å². The Balaban J connectivity index is 3.03. The summed E-state index contributed by atoms with van der Waals surface area (Å²) in [5, 5.41) is 19.8. The normalized spacial score (nSPS) is 11.9. The molecule has 0 saturated carbocycles. The van der Waals surface area contributed by atoms with Gasteiger partial charge in [-0.2, -0.15) is 0 Å². The third-order valence-corrected chi connectivity index (χ3v) is 4.08. The maximum atomic E-state index is 12.5. The van der Waals surface area contributed by atoms with Crippen LogP contribution in [-0.4, -0.2) is 63.0 Å². The van der Waals surface area contributed by atoms with Crippen molar-refractivity contribution in [1.82, 2.24) is 5.32 Å². The van der Waals surface area contributed by atoms with Gasteiger partial charge >= 0.3 is 5.63 Å². The molecule has 31 heavy (non-hydrogen) atoms. The zero-order chi connectivity index (χ0) is 23.4. The van der Waals surface area contributed by atoms with E-state index < -0.39 is 11.5 Å². The van der Waals surface area contributed by atoms with E-state index in [0.717, 1.165) is 6.21 Å². The lowest BCUT2D eigenvalue weighted by Crippen LogP contribution is -2.32. The Morgan fingerprint density at radius 1 is 1.35 bits per heavy atom. The molecule has 0 aliphatic rings. The number of rotatable bonds is 10. The fraction of sp³-hybridized carbons (Fsp3) is 0.389. The fourth-order valence-corrected chi connectivity index (χ4v) is 2.84. The molecule has 0 unspecified atom stereocenters. The molecule has 0 radical (unpaired) electrons. The minimum absolute atomic E-state index is 0.0126. The van der Waals surface area contributed by atoms with Crippen molar-refractivity contribution in [3.8, 4) is 5.75 Å². The Morgan fingerprint density at radius 3 is 2.55 bits per heavy atom. The molecule has 0 bridgehead atoms. The molecular weight excluding hydrogens is 428 g/mol. The summed E-state index contributed by atoms with van der Waals surface area (Å²) in [6, 6.07) is 0.948. The van der Waals surface area contributed by atoms with Crippen molar-refractivity contribution in [1.29, 1.82) is 10.8 Å². The maximum absolute atomic E-state index is 12.5. The Hall–Kier alpha value is -3.16. The molecule has 0 aliphatic heterocycles. The SMILES string of the molecule is COCC(COC)Nc1cc(C(=O)NC(=N)SC(N)=N/C(C)=C\C=N)oc(=O)c1OC. The van der Waals surface area contributed by atoms with Crippen LogP contribution >= 0.6 is 11.8 Å². The summed E-state index contributed by atoms with van der Waals surface area (Å²) in [6.45, 7) is 2.16. The van der Waals surface area contributed by atoms with E-state index in [1.807, 2.05) is 0 Å². The third kappa shape index (κ3) is 8.62. The molecule has 0 aromatic carbocycles. The van der Waals surface area contributed by atoms with Crippen molar-refractivity contribution in [3.05, 3.63) is 34.0 Å². The number of methoxy groups -OCH3 is 3. The fourth-order valence-electron chi connectivity index (χ4n) is 2.30. The lowest BCUT2D eigenvalue weighted by atomic mass is 10.2. The van der Waals surface area contributed by atoms with E-state index in [0.29, 0.717) is 17.5 Å². The molecule has 0 spiro atoms. The molecule has 0 fully saturated rings. The number of anilines is 1. The molecule has 12 nitrogen and oxygen atoms in total. The average Bonchev–Trinajstić information content (AvgIpc) is 2.67. The monoisotopic (exact) mass is 454 g/mol. The van der Waals surface area contributed by atoms with Crippen LogP contribution in [0.25, 0.3) is 0 Å². The van der Waals surface area contributed by atoms with Gasteiger partial charge in [0.1, 0.15) is 0 Å². The van der Waals surface area contributed by atoms with Gasteiger partial charge < -0.3 is 35.1 Å². The van der Waals surface area contributed by atoms with Gasteiger partial charge in [0.05, 0.1) is 32.1 Å². The van der Waals surface area contributed by atoms with E-state index >= 15 is 0 Å². The summed E-state index contributed by atoms with van der Waals surface area (Å²) < 4.78 is 20.3. The molecular formula is C18H26N6O6S. The van der Waals surface area contributed by atoms with Crippen molar-refractivity contribution in [2.75, 3.05) is 39.9 Å². The number of amidine groups is 2. The molecule has 170 valence electrons. The van der Waals surface area contributed by atoms with Crippen molar-refractivity contribution >= 4 is 39.9 Å². The predicted molar refractivity (Wildman–Crippen MR) is 120 cm³/mol. The van der Waals surface area contributed by atoms with Crippen LogP contribution in [0.15, 0.2) is 32.0 Å². The largest absolute Gasteiger partial charge is 0.488 e. The average molecular weight is 455 g/mol. The van der Waals surface area contributed by atoms with E-state index in [1.165, 1.54) is 33.5 Å². The van der Waals surface area contributed by atoms with Crippen molar-refractivity contribution in [3.63, 3.8) is 0 Å². The smallest absolute Gasteiger partial charge is 0.381 e. The molecule has 1 amide bonds. The van der Waals surface area contributed by atoms with Crippen LogP contribution in [0.1, 0.15) is 17.5 Å². The van der Waals surface area contributed by atoms with Gasteiger partial charge in [0.15, 0.2) is 16.1 Å². The van der Waals surface area contributed by atoms with Crippen LogP contribution in [-0.2, 0) is 9.47 Å². The number of allylic oxidation sites excluding steroid dienone is 2. The minimum Gasteiger partial charge on any atom is -0.488 e. The second-order valence-corrected chi connectivity index (χ2v) is 6.94. The number of hydrogen-bond donors (Lipinski definition) is 5. The quantitative estimate of drug-likeness (QED) is 0.254. The number of carbonyl (C=O) groups excluding carboxylic acids is 1. The highest BCUT2D eigenvalue weighted by Crippen LogP contribution is 2.22. The highest BCUT2D eigenvalue weighted by molar-refractivity contribution is 8.26. The topological polar surface area (TPSA) is 185 Å². The number of amides is 1. The van der Waals surface area contributed by atoms with Crippen LogP contribution in [0, 0.1) is 10.8 Å². The molecule has 0 saturated heterocycles. The van der Waals surface area contributed by atoms with E-state index in [9.17, 15) is 9.59 Å². The van der Waals surface area contributed by atoms with Gasteiger partial charge in [0, 0.05) is 32.2 Å². The summed E-state index contributed by atoms with van der Waals surface area (Å²) in [5.41, 5.74) is 5.48. The summed E-state index contributed by atoms with van der Waals surface area (Å²) >= 11 is 0.687. The molecule has 1 aromatic heterocycles. The molecule has 0 aliphatic carbocycles. The molecule has 1 rings (SSSR count). The van der Waals surface area contributed by atoms with Crippen LogP contribution in [0.2, 0.25) is 0 Å². The number of aliphatic imine (C=N–C) groups is 1. The first-order chi connectivity index (χ1) is 14.7. The minimum atomic E-state index is -0.876. The number of thioether (sulfide) groups is 1. The third-order valence-electron chi connectivity index (χ3n) is 3.48. The standard InChI is InChI=1S/C18H26N6O6S/c1-10(5-6-19)22-17(20)31-18(21)24-15(25)13-7-12(14(29-4)16(26)30-13)23-11(8-27-2)9-28-3/h5-7,11,19,23H,8-9H2,1-4H3,(H2,20,22)(H2,21,24,25)/b10-5-,19-6?. The first-order valence-electron chi connectivity index (χ1n) is 8.81. The van der Waals surface area contributed by atoms with Crippen LogP contribution in [0.5, 0.6) is 5.75 Å². The highest BCUT2D eigenvalue weighted by atomic mass is 32.2. The number of hydrogen-bond acceptors (Lipinski definition) is 11. The number of nitrogens with zero attached hydrogens (tertiary/aromatic N) is 1. The van der Waals surface area contributed by atoms with Crippen molar-refractivity contribution in [2.24, 2.45) is 10.7 Å². The first kappa shape index (κ1) is 25.9. The Labute approximate surface area is 183 Å². The Morgan fingerprint density at radius 2 is 2.00 bits per heavy atom. The molecule has 1 heterocycles. The Kier molecular flexibility index (Phi) is 11.0. The van der Waals surface area contributed by atoms with Gasteiger partial charge in [-0.15, -0.1) is 0 Å². The first-order valence-corrected chi connectivity index (χ1v) is 9.63. The summed E-state index contributed by atoms with van der Waals surface area (Å²) in [5.74, 6) is -1.31. The van der Waals surface area contributed by atoms with Gasteiger partial charge in [0.2, 0.25) is 5.75 Å². The van der Waals surface area contributed by atoms with Gasteiger partial charge in [-0.1, -0.05) is 0 Å². The molecule has 0 atom stereocenters. The number of nitrogens with one attached hydrogen (secondary N) is 4. The van der Waals surface area contributed by atoms with Gasteiger partial charge in [-0.25, -0.2) is 9.79 Å². The zero-order valence-electron chi connectivity index (χ0n) is 17.6. The molecule has 6 N–H and O–H groups in total. The number of ether oxygens (including phenoxy) is 3. The summed E-state index contributed by atoms with van der Waals surface area (Å²) in [7, 11) is 4.32. The van der Waals surface area contributed by atoms with Crippen molar-refractivity contribution in [2.45, 2.75) is 13.0 Å². The lowest BCUT2D eigenvalue weighted by molar-refractivity contribution is 0.0945. The number of carbonyl (C=O) groups is 1. The van der Waals surface area contributed by atoms with Crippen LogP contribution < -0.4 is 26.7 Å². The predicted octanol–water partition coefficient (Wildman–Crippen LogP) is 0.988. The second kappa shape index (κ2) is 13.2. The van der Waals surface area contributed by atoms with E-state index in [4.69, 9.17) is 35.2 Å². The second-order valence-electron chi connectivity index (χ2n) is 5.91. The molecule has 13 heteroatoms. The summed E-state index contributed by atoms with van der Waals surface area (Å²) in [4.78, 5) is 28.7. The van der Waals surface area contributed by atoms with E-state index in [-0.39, 0.29) is 46.8 Å². The van der Waals surface area contributed by atoms with Gasteiger partial charge in [-0.05, 0) is 24.8 Å². The summed E-state index contributed by atoms with van der Waals surface area (Å²) in [6.07, 6.45) is 2.46. The molecule has 1 aromatic rings. The number of nitrogens with two attached hydrogens (primary N) is 1. The van der Waals surface area contributed by atoms with Gasteiger partial charge in [0.25, 0.3) is 5.91 Å². The Bertz CT molecular complexity index is 907. The van der Waals surface area contributed by atoms with Gasteiger partial charge in [-0.3, -0.25) is 15.5 Å². The highest BCUT2D eigenvalue weighted by Gasteiger charge is 2.20.